The molecule has 0 spiro atoms. The number of hydrogen-bond donors (Lipinski definition) is 1. The van der Waals surface area contributed by atoms with Crippen molar-refractivity contribution in [3.63, 3.8) is 0 Å². The Kier molecular flexibility index (Phi) is 3.62. The number of aromatic nitrogens is 2. The Bertz CT molecular complexity index is 385. The quantitative estimate of drug-likeness (QED) is 0.680. The minimum absolute atomic E-state index is 0.0370. The van der Waals surface area contributed by atoms with Gasteiger partial charge in [-0.25, -0.2) is 13.6 Å². The fourth-order valence-electron chi connectivity index (χ4n) is 0.985. The van der Waals surface area contributed by atoms with Gasteiger partial charge < -0.3 is 4.74 Å². The number of nitrogens with zero attached hydrogens (tertiary/aromatic N) is 2. The number of sulfonamides is 1. The Morgan fingerprint density at radius 3 is 2.86 bits per heavy atom. The Morgan fingerprint density at radius 1 is 1.64 bits per heavy atom. The van der Waals surface area contributed by atoms with Gasteiger partial charge in [0.1, 0.15) is 4.90 Å². The lowest BCUT2D eigenvalue weighted by Gasteiger charge is -1.99. The number of ether oxygens (including phenoxy) is 1. The van der Waals surface area contributed by atoms with Crippen LogP contribution in [0, 0.1) is 0 Å². The van der Waals surface area contributed by atoms with Crippen molar-refractivity contribution >= 4 is 10.0 Å². The highest BCUT2D eigenvalue weighted by molar-refractivity contribution is 7.89. The highest BCUT2D eigenvalue weighted by atomic mass is 32.2. The van der Waals surface area contributed by atoms with E-state index in [1.807, 2.05) is 0 Å². The summed E-state index contributed by atoms with van der Waals surface area (Å²) >= 11 is 0. The number of aryl methyl sites for hydroxylation is 1. The van der Waals surface area contributed by atoms with Gasteiger partial charge in [-0.3, -0.25) is 4.68 Å². The molecule has 0 saturated heterocycles. The van der Waals surface area contributed by atoms with Crippen LogP contribution in [0.3, 0.4) is 0 Å². The van der Waals surface area contributed by atoms with Crippen LogP contribution in [-0.4, -0.2) is 31.9 Å². The summed E-state index contributed by atoms with van der Waals surface area (Å²) in [6.07, 6.45) is 3.43. The lowest BCUT2D eigenvalue weighted by molar-refractivity contribution is 0.189. The monoisotopic (exact) mass is 219 g/mol. The van der Waals surface area contributed by atoms with Crippen LogP contribution in [0.1, 0.15) is 6.42 Å². The lowest BCUT2D eigenvalue weighted by atomic mass is 10.4. The Labute approximate surface area is 82.7 Å². The second-order valence-corrected chi connectivity index (χ2v) is 4.39. The standard InChI is InChI=1S/C7H13N3O3S/c1-13-4-2-3-10-6-7(5-9-10)14(8,11)12/h5-6H,2-4H2,1H3,(H2,8,11,12). The number of methoxy groups -OCH3 is 1. The molecule has 80 valence electrons. The first-order valence-electron chi connectivity index (χ1n) is 4.08. The minimum atomic E-state index is -3.63. The highest BCUT2D eigenvalue weighted by Crippen LogP contribution is 2.04. The lowest BCUT2D eigenvalue weighted by Crippen LogP contribution is -2.11. The topological polar surface area (TPSA) is 87.2 Å². The predicted molar refractivity (Wildman–Crippen MR) is 50.1 cm³/mol. The number of nitrogens with two attached hydrogens (primary N) is 1. The molecule has 1 heterocycles. The summed E-state index contributed by atoms with van der Waals surface area (Å²) in [7, 11) is -2.02. The molecule has 0 bridgehead atoms. The van der Waals surface area contributed by atoms with E-state index in [-0.39, 0.29) is 4.90 Å². The first-order chi connectivity index (χ1) is 6.54. The second kappa shape index (κ2) is 4.54. The van der Waals surface area contributed by atoms with E-state index in [0.29, 0.717) is 13.2 Å². The van der Waals surface area contributed by atoms with E-state index in [2.05, 4.69) is 5.10 Å². The summed E-state index contributed by atoms with van der Waals surface area (Å²) in [6, 6.07) is 0. The molecule has 0 amide bonds. The fraction of sp³-hybridized carbons (Fsp3) is 0.571. The molecule has 0 saturated carbocycles. The van der Waals surface area contributed by atoms with Gasteiger partial charge in [-0.15, -0.1) is 0 Å². The normalized spacial score (nSPS) is 11.9. The molecule has 14 heavy (non-hydrogen) atoms. The molecule has 0 aliphatic heterocycles. The van der Waals surface area contributed by atoms with E-state index in [0.717, 1.165) is 6.42 Å². The van der Waals surface area contributed by atoms with Crippen LogP contribution in [0.25, 0.3) is 0 Å². The van der Waals surface area contributed by atoms with Gasteiger partial charge >= 0.3 is 0 Å². The molecule has 7 heteroatoms. The number of primary sulfonamides is 1. The zero-order valence-electron chi connectivity index (χ0n) is 7.88. The van der Waals surface area contributed by atoms with E-state index in [1.54, 1.807) is 7.11 Å². The van der Waals surface area contributed by atoms with Gasteiger partial charge in [0, 0.05) is 26.5 Å². The van der Waals surface area contributed by atoms with Gasteiger partial charge in [0.2, 0.25) is 10.0 Å². The summed E-state index contributed by atoms with van der Waals surface area (Å²) in [5, 5.41) is 8.78. The predicted octanol–water partition coefficient (Wildman–Crippen LogP) is -0.433. The van der Waals surface area contributed by atoms with E-state index in [4.69, 9.17) is 9.88 Å². The molecular weight excluding hydrogens is 206 g/mol. The third-order valence-electron chi connectivity index (χ3n) is 1.67. The highest BCUT2D eigenvalue weighted by Gasteiger charge is 2.09. The van der Waals surface area contributed by atoms with Crippen LogP contribution in [-0.2, 0) is 21.3 Å². The van der Waals surface area contributed by atoms with Crippen LogP contribution >= 0.6 is 0 Å². The molecule has 1 rings (SSSR count). The molecule has 1 aromatic rings. The van der Waals surface area contributed by atoms with Gasteiger partial charge in [-0.1, -0.05) is 0 Å². The summed E-state index contributed by atoms with van der Waals surface area (Å²) in [5.74, 6) is 0. The van der Waals surface area contributed by atoms with Gasteiger partial charge in [0.25, 0.3) is 0 Å². The Morgan fingerprint density at radius 2 is 2.36 bits per heavy atom. The smallest absolute Gasteiger partial charge is 0.241 e. The first kappa shape index (κ1) is 11.2. The van der Waals surface area contributed by atoms with Gasteiger partial charge in [0.05, 0.1) is 6.20 Å². The molecule has 0 aliphatic carbocycles. The van der Waals surface area contributed by atoms with Crippen LogP contribution < -0.4 is 5.14 Å². The summed E-state index contributed by atoms with van der Waals surface area (Å²) in [5.41, 5.74) is 0. The van der Waals surface area contributed by atoms with E-state index in [9.17, 15) is 8.42 Å². The minimum Gasteiger partial charge on any atom is -0.385 e. The average Bonchev–Trinajstić information content (AvgIpc) is 2.52. The van der Waals surface area contributed by atoms with Crippen molar-refractivity contribution in [2.75, 3.05) is 13.7 Å². The molecule has 1 aromatic heterocycles. The molecular formula is C7H13N3O3S. The fourth-order valence-corrected chi connectivity index (χ4v) is 1.45. The SMILES string of the molecule is COCCCn1cc(S(N)(=O)=O)cn1. The van der Waals surface area contributed by atoms with Gasteiger partial charge in [-0.05, 0) is 6.42 Å². The largest absolute Gasteiger partial charge is 0.385 e. The number of rotatable bonds is 5. The summed E-state index contributed by atoms with van der Waals surface area (Å²) in [4.78, 5) is 0.0370. The maximum atomic E-state index is 10.9. The van der Waals surface area contributed by atoms with Crippen LogP contribution in [0.5, 0.6) is 0 Å². The maximum absolute atomic E-state index is 10.9. The van der Waals surface area contributed by atoms with Crippen molar-refractivity contribution in [2.24, 2.45) is 5.14 Å². The third-order valence-corrected chi connectivity index (χ3v) is 2.54. The van der Waals surface area contributed by atoms with Crippen LogP contribution in [0.2, 0.25) is 0 Å². The third kappa shape index (κ3) is 3.09. The zero-order chi connectivity index (χ0) is 10.6. The Hall–Kier alpha value is -0.920. The first-order valence-corrected chi connectivity index (χ1v) is 5.63. The molecule has 6 nitrogen and oxygen atoms in total. The van der Waals surface area contributed by atoms with E-state index < -0.39 is 10.0 Å². The van der Waals surface area contributed by atoms with Gasteiger partial charge in [-0.2, -0.15) is 5.10 Å². The van der Waals surface area contributed by atoms with Crippen molar-refractivity contribution in [2.45, 2.75) is 17.9 Å². The van der Waals surface area contributed by atoms with Crippen molar-refractivity contribution in [1.29, 1.82) is 0 Å². The van der Waals surface area contributed by atoms with Crippen LogP contribution in [0.15, 0.2) is 17.3 Å². The molecule has 2 N–H and O–H groups in total. The average molecular weight is 219 g/mol. The molecule has 0 atom stereocenters. The number of hydrogen-bond acceptors (Lipinski definition) is 4. The summed E-state index contributed by atoms with van der Waals surface area (Å²) < 4.78 is 28.1. The molecule has 0 unspecified atom stereocenters. The Balaban J connectivity index is 2.60. The zero-order valence-corrected chi connectivity index (χ0v) is 8.70. The maximum Gasteiger partial charge on any atom is 0.241 e. The van der Waals surface area contributed by atoms with Crippen molar-refractivity contribution < 1.29 is 13.2 Å². The van der Waals surface area contributed by atoms with E-state index >= 15 is 0 Å². The van der Waals surface area contributed by atoms with Crippen LogP contribution in [0.4, 0.5) is 0 Å². The van der Waals surface area contributed by atoms with Crippen molar-refractivity contribution in [1.82, 2.24) is 9.78 Å². The molecule has 0 aromatic carbocycles. The van der Waals surface area contributed by atoms with Crippen molar-refractivity contribution in [3.8, 4) is 0 Å². The molecule has 0 aliphatic rings. The summed E-state index contributed by atoms with van der Waals surface area (Å²) in [6.45, 7) is 1.23. The van der Waals surface area contributed by atoms with Crippen molar-refractivity contribution in [3.05, 3.63) is 12.4 Å². The van der Waals surface area contributed by atoms with Gasteiger partial charge in [0.15, 0.2) is 0 Å². The molecule has 0 radical (unpaired) electrons. The second-order valence-electron chi connectivity index (χ2n) is 2.83. The van der Waals surface area contributed by atoms with E-state index in [1.165, 1.54) is 17.1 Å². The molecule has 0 fully saturated rings.